The van der Waals surface area contributed by atoms with Crippen LogP contribution in [0.2, 0.25) is 5.02 Å². The minimum atomic E-state index is -0.420. The predicted molar refractivity (Wildman–Crippen MR) is 124 cm³/mol. The Kier molecular flexibility index (Phi) is 8.19. The predicted octanol–water partition coefficient (Wildman–Crippen LogP) is 3.76. The van der Waals surface area contributed by atoms with Gasteiger partial charge in [0.15, 0.2) is 11.0 Å². The van der Waals surface area contributed by atoms with Crippen molar-refractivity contribution in [2.45, 2.75) is 30.4 Å². The fourth-order valence-electron chi connectivity index (χ4n) is 2.52. The third kappa shape index (κ3) is 6.66. The minimum Gasteiger partial charge on any atom is -0.378 e. The molecular weight excluding hydrogens is 434 g/mol. The fourth-order valence-corrected chi connectivity index (χ4v) is 3.52. The number of hydrogen-bond acceptors (Lipinski definition) is 7. The number of aromatic nitrogens is 4. The molecule has 0 saturated carbocycles. The normalized spacial score (nSPS) is 11.9. The topological polar surface area (TPSA) is 97.1 Å². The van der Waals surface area contributed by atoms with Crippen molar-refractivity contribution in [3.05, 3.63) is 77.9 Å². The van der Waals surface area contributed by atoms with E-state index in [1.807, 2.05) is 34.9 Å². The van der Waals surface area contributed by atoms with Gasteiger partial charge in [-0.05, 0) is 37.3 Å². The van der Waals surface area contributed by atoms with Crippen LogP contribution in [0.3, 0.4) is 0 Å². The van der Waals surface area contributed by atoms with Crippen molar-refractivity contribution in [2.75, 3.05) is 5.32 Å². The van der Waals surface area contributed by atoms with Crippen molar-refractivity contribution in [1.29, 1.82) is 0 Å². The van der Waals surface area contributed by atoms with Gasteiger partial charge in [0.1, 0.15) is 0 Å². The van der Waals surface area contributed by atoms with Gasteiger partial charge >= 0.3 is 0 Å². The Balaban J connectivity index is 1.60. The van der Waals surface area contributed by atoms with Gasteiger partial charge in [-0.2, -0.15) is 5.10 Å². The molecule has 0 spiro atoms. The molecule has 0 bridgehead atoms. The van der Waals surface area contributed by atoms with E-state index in [1.54, 1.807) is 37.7 Å². The highest BCUT2D eigenvalue weighted by Gasteiger charge is 2.19. The Morgan fingerprint density at radius 2 is 2.13 bits per heavy atom. The molecule has 2 heterocycles. The zero-order valence-corrected chi connectivity index (χ0v) is 18.5. The van der Waals surface area contributed by atoms with Crippen molar-refractivity contribution >= 4 is 41.2 Å². The molecule has 0 unspecified atom stereocenters. The molecule has 1 aromatic carbocycles. The Hall–Kier alpha value is -3.17. The van der Waals surface area contributed by atoms with Crippen molar-refractivity contribution in [1.82, 2.24) is 25.2 Å². The molecule has 0 aliphatic carbocycles. The molecule has 3 rings (SSSR count). The Morgan fingerprint density at radius 3 is 2.84 bits per heavy atom. The van der Waals surface area contributed by atoms with Gasteiger partial charge in [-0.1, -0.05) is 35.5 Å². The number of hydrazone groups is 1. The third-order valence-electron chi connectivity index (χ3n) is 4.12. The van der Waals surface area contributed by atoms with Crippen LogP contribution in [0.5, 0.6) is 0 Å². The molecule has 160 valence electrons. The lowest BCUT2D eigenvalue weighted by molar-refractivity contribution is -0.120. The Labute approximate surface area is 189 Å². The van der Waals surface area contributed by atoms with E-state index in [4.69, 9.17) is 11.6 Å². The Bertz CT molecular complexity index is 1040. The van der Waals surface area contributed by atoms with E-state index in [-0.39, 0.29) is 5.91 Å². The molecular formula is C21H22ClN7OS. The summed E-state index contributed by atoms with van der Waals surface area (Å²) in [6, 6.07) is 11.1. The van der Waals surface area contributed by atoms with Gasteiger partial charge in [0.2, 0.25) is 0 Å². The number of hydrogen-bond donors (Lipinski definition) is 2. The summed E-state index contributed by atoms with van der Waals surface area (Å²) in [5, 5.41) is 16.7. The Morgan fingerprint density at radius 1 is 1.32 bits per heavy atom. The maximum atomic E-state index is 12.4. The summed E-state index contributed by atoms with van der Waals surface area (Å²) in [4.78, 5) is 16.4. The highest BCUT2D eigenvalue weighted by atomic mass is 35.5. The number of carbonyl (C=O) groups excluding carboxylic acids is 1. The zero-order valence-electron chi connectivity index (χ0n) is 16.9. The van der Waals surface area contributed by atoms with Gasteiger partial charge in [0, 0.05) is 35.2 Å². The summed E-state index contributed by atoms with van der Waals surface area (Å²) in [6.45, 7) is 6.59. The van der Waals surface area contributed by atoms with Crippen LogP contribution in [0.1, 0.15) is 18.3 Å². The van der Waals surface area contributed by atoms with Gasteiger partial charge < -0.3 is 9.88 Å². The number of pyridine rings is 1. The highest BCUT2D eigenvalue weighted by Crippen LogP contribution is 2.23. The molecule has 0 aliphatic heterocycles. The average molecular weight is 456 g/mol. The van der Waals surface area contributed by atoms with Crippen LogP contribution >= 0.6 is 23.4 Å². The summed E-state index contributed by atoms with van der Waals surface area (Å²) < 4.78 is 1.92. The van der Waals surface area contributed by atoms with Crippen LogP contribution in [0.25, 0.3) is 0 Å². The second-order valence-corrected chi connectivity index (χ2v) is 8.18. The molecule has 31 heavy (non-hydrogen) atoms. The SMILES string of the molecule is C=CCn1c(CNc2ccc(Cl)cc2)nnc1S[C@@H](C)C(=O)NN=Cc1cccnc1. The molecule has 10 heteroatoms. The molecule has 3 aromatic rings. The number of amides is 1. The van der Waals surface area contributed by atoms with Gasteiger partial charge in [-0.15, -0.1) is 16.8 Å². The first-order valence-electron chi connectivity index (χ1n) is 9.49. The van der Waals surface area contributed by atoms with Gasteiger partial charge in [-0.25, -0.2) is 5.43 Å². The number of rotatable bonds is 10. The number of anilines is 1. The monoisotopic (exact) mass is 455 g/mol. The molecule has 0 saturated heterocycles. The number of halogens is 1. The minimum absolute atomic E-state index is 0.237. The van der Waals surface area contributed by atoms with E-state index < -0.39 is 5.25 Å². The summed E-state index contributed by atoms with van der Waals surface area (Å²) in [7, 11) is 0. The first-order valence-corrected chi connectivity index (χ1v) is 10.7. The van der Waals surface area contributed by atoms with Crippen molar-refractivity contribution in [3.8, 4) is 0 Å². The number of carbonyl (C=O) groups is 1. The van der Waals surface area contributed by atoms with Gasteiger partial charge in [0.05, 0.1) is 18.0 Å². The lowest BCUT2D eigenvalue weighted by atomic mass is 10.3. The van der Waals surface area contributed by atoms with Crippen LogP contribution in [-0.4, -0.2) is 37.1 Å². The second kappa shape index (κ2) is 11.3. The van der Waals surface area contributed by atoms with E-state index in [0.717, 1.165) is 17.1 Å². The standard InChI is InChI=1S/C21H22ClN7OS/c1-3-11-29-19(14-24-18-8-6-17(22)7-9-18)26-28-21(29)31-15(2)20(30)27-25-13-16-5-4-10-23-12-16/h3-10,12-13,15,24H,1,11,14H2,2H3,(H,27,30)/t15-/m0/s1. The van der Waals surface area contributed by atoms with E-state index in [2.05, 4.69) is 37.6 Å². The average Bonchev–Trinajstić information content (AvgIpc) is 3.15. The quantitative estimate of drug-likeness (QED) is 0.209. The van der Waals surface area contributed by atoms with Gasteiger partial charge in [0.25, 0.3) is 5.91 Å². The van der Waals surface area contributed by atoms with E-state index in [1.165, 1.54) is 11.8 Å². The smallest absolute Gasteiger partial charge is 0.253 e. The van der Waals surface area contributed by atoms with Crippen LogP contribution in [0.4, 0.5) is 5.69 Å². The van der Waals surface area contributed by atoms with E-state index >= 15 is 0 Å². The van der Waals surface area contributed by atoms with Crippen LogP contribution < -0.4 is 10.7 Å². The van der Waals surface area contributed by atoms with Crippen molar-refractivity contribution in [3.63, 3.8) is 0 Å². The summed E-state index contributed by atoms with van der Waals surface area (Å²) in [5.74, 6) is 0.499. The molecule has 0 radical (unpaired) electrons. The first-order chi connectivity index (χ1) is 15.1. The third-order valence-corrected chi connectivity index (χ3v) is 5.46. The molecule has 8 nitrogen and oxygen atoms in total. The van der Waals surface area contributed by atoms with Crippen LogP contribution in [-0.2, 0) is 17.9 Å². The lowest BCUT2D eigenvalue weighted by Crippen LogP contribution is -2.27. The summed E-state index contributed by atoms with van der Waals surface area (Å²) >= 11 is 7.23. The fraction of sp³-hybridized carbons (Fsp3) is 0.190. The van der Waals surface area contributed by atoms with Crippen LogP contribution in [0.15, 0.2) is 71.7 Å². The number of allylic oxidation sites excluding steroid dienone is 1. The highest BCUT2D eigenvalue weighted by molar-refractivity contribution is 8.00. The van der Waals surface area contributed by atoms with E-state index in [9.17, 15) is 4.79 Å². The summed E-state index contributed by atoms with van der Waals surface area (Å²) in [6.07, 6.45) is 6.64. The molecule has 0 aliphatic rings. The van der Waals surface area contributed by atoms with Crippen LogP contribution in [0, 0.1) is 0 Å². The zero-order chi connectivity index (χ0) is 22.1. The molecule has 2 aromatic heterocycles. The molecule has 1 amide bonds. The maximum Gasteiger partial charge on any atom is 0.253 e. The largest absolute Gasteiger partial charge is 0.378 e. The number of benzene rings is 1. The molecule has 1 atom stereocenters. The number of nitrogens with zero attached hydrogens (tertiary/aromatic N) is 5. The number of nitrogens with one attached hydrogen (secondary N) is 2. The van der Waals surface area contributed by atoms with Gasteiger partial charge in [-0.3, -0.25) is 9.78 Å². The van der Waals surface area contributed by atoms with Crippen molar-refractivity contribution in [2.24, 2.45) is 5.10 Å². The lowest BCUT2D eigenvalue weighted by Gasteiger charge is -2.12. The molecule has 2 N–H and O–H groups in total. The summed E-state index contributed by atoms with van der Waals surface area (Å²) in [5.41, 5.74) is 4.26. The second-order valence-electron chi connectivity index (χ2n) is 6.44. The molecule has 0 fully saturated rings. The number of thioether (sulfide) groups is 1. The van der Waals surface area contributed by atoms with E-state index in [0.29, 0.717) is 23.3 Å². The maximum absolute atomic E-state index is 12.4. The van der Waals surface area contributed by atoms with Crippen molar-refractivity contribution < 1.29 is 4.79 Å². The first kappa shape index (κ1) is 22.5.